The van der Waals surface area contributed by atoms with Crippen LogP contribution in [0.15, 0.2) is 36.5 Å². The van der Waals surface area contributed by atoms with E-state index in [1.807, 2.05) is 48.1 Å². The standard InChI is InChI=1S/C22H27N5O2/c1-5-14-10-18(26-25-14)21(28)24-19-11-22(2,3)12-20-17(19)13-23-27(20)15-6-8-16(29-4)9-7-15/h6-10,13,19H,5,11-12H2,1-4H3,(H,24,28)(H,25,26). The molecule has 3 aromatic rings. The number of fused-ring (bicyclic) bond motifs is 1. The largest absolute Gasteiger partial charge is 0.497 e. The van der Waals surface area contributed by atoms with Crippen LogP contribution in [0.1, 0.15) is 60.7 Å². The molecule has 0 spiro atoms. The van der Waals surface area contributed by atoms with Crippen molar-refractivity contribution in [3.05, 3.63) is 59.2 Å². The van der Waals surface area contributed by atoms with Gasteiger partial charge in [0.1, 0.15) is 11.4 Å². The van der Waals surface area contributed by atoms with Crippen LogP contribution in [-0.2, 0) is 12.8 Å². The molecule has 1 aliphatic rings. The van der Waals surface area contributed by atoms with E-state index in [0.29, 0.717) is 5.69 Å². The molecule has 152 valence electrons. The Morgan fingerprint density at radius 3 is 2.76 bits per heavy atom. The van der Waals surface area contributed by atoms with Gasteiger partial charge in [-0.3, -0.25) is 9.89 Å². The summed E-state index contributed by atoms with van der Waals surface area (Å²) in [5, 5.41) is 14.9. The minimum absolute atomic E-state index is 0.0371. The second kappa shape index (κ2) is 7.39. The molecule has 7 heteroatoms. The number of aryl methyl sites for hydroxylation is 1. The van der Waals surface area contributed by atoms with Crippen LogP contribution in [0.5, 0.6) is 5.75 Å². The number of aromatic amines is 1. The third-order valence-corrected chi connectivity index (χ3v) is 5.55. The first kappa shape index (κ1) is 19.2. The highest BCUT2D eigenvalue weighted by molar-refractivity contribution is 5.92. The average molecular weight is 393 g/mol. The normalized spacial score (nSPS) is 17.6. The molecule has 0 bridgehead atoms. The number of carbonyl (C=O) groups is 1. The van der Waals surface area contributed by atoms with E-state index in [-0.39, 0.29) is 17.4 Å². The van der Waals surface area contributed by atoms with E-state index in [1.54, 1.807) is 7.11 Å². The Morgan fingerprint density at radius 1 is 1.34 bits per heavy atom. The van der Waals surface area contributed by atoms with Crippen molar-refractivity contribution >= 4 is 5.91 Å². The van der Waals surface area contributed by atoms with Gasteiger partial charge in [-0.1, -0.05) is 20.8 Å². The third kappa shape index (κ3) is 3.77. The van der Waals surface area contributed by atoms with E-state index in [9.17, 15) is 4.79 Å². The number of aromatic nitrogens is 4. The van der Waals surface area contributed by atoms with Crippen molar-refractivity contribution in [2.45, 2.75) is 46.1 Å². The predicted molar refractivity (Wildman–Crippen MR) is 110 cm³/mol. The number of nitrogens with one attached hydrogen (secondary N) is 2. The molecular weight excluding hydrogens is 366 g/mol. The lowest BCUT2D eigenvalue weighted by atomic mass is 9.74. The fourth-order valence-corrected chi connectivity index (χ4v) is 4.01. The van der Waals surface area contributed by atoms with Crippen molar-refractivity contribution < 1.29 is 9.53 Å². The lowest BCUT2D eigenvalue weighted by Gasteiger charge is -2.35. The SMILES string of the molecule is CCc1cc(C(=O)NC2CC(C)(C)Cc3c2cnn3-c2ccc(OC)cc2)n[nH]1. The van der Waals surface area contributed by atoms with Gasteiger partial charge in [-0.05, 0) is 55.0 Å². The zero-order valence-electron chi connectivity index (χ0n) is 17.3. The maximum Gasteiger partial charge on any atom is 0.272 e. The fraction of sp³-hybridized carbons (Fsp3) is 0.409. The maximum absolute atomic E-state index is 12.8. The third-order valence-electron chi connectivity index (χ3n) is 5.55. The van der Waals surface area contributed by atoms with Crippen LogP contribution in [0.2, 0.25) is 0 Å². The Morgan fingerprint density at radius 2 is 2.10 bits per heavy atom. The van der Waals surface area contributed by atoms with E-state index in [4.69, 9.17) is 4.74 Å². The van der Waals surface area contributed by atoms with Crippen LogP contribution >= 0.6 is 0 Å². The molecule has 1 aliphatic carbocycles. The molecule has 2 aromatic heterocycles. The van der Waals surface area contributed by atoms with Gasteiger partial charge in [0.2, 0.25) is 0 Å². The molecule has 1 aromatic carbocycles. The number of hydrogen-bond acceptors (Lipinski definition) is 4. The number of rotatable bonds is 5. The lowest BCUT2D eigenvalue weighted by molar-refractivity contribution is 0.0914. The van der Waals surface area contributed by atoms with Crippen LogP contribution in [0.4, 0.5) is 0 Å². The van der Waals surface area contributed by atoms with Crippen molar-refractivity contribution in [2.75, 3.05) is 7.11 Å². The first-order valence-corrected chi connectivity index (χ1v) is 9.96. The van der Waals surface area contributed by atoms with Crippen molar-refractivity contribution in [1.29, 1.82) is 0 Å². The van der Waals surface area contributed by atoms with Crippen LogP contribution < -0.4 is 10.1 Å². The van der Waals surface area contributed by atoms with Crippen molar-refractivity contribution in [1.82, 2.24) is 25.3 Å². The van der Waals surface area contributed by atoms with Gasteiger partial charge in [0.15, 0.2) is 0 Å². The first-order chi connectivity index (χ1) is 13.9. The van der Waals surface area contributed by atoms with Crippen LogP contribution in [0, 0.1) is 5.41 Å². The molecule has 1 unspecified atom stereocenters. The van der Waals surface area contributed by atoms with Gasteiger partial charge < -0.3 is 10.1 Å². The minimum Gasteiger partial charge on any atom is -0.497 e. The van der Waals surface area contributed by atoms with Crippen molar-refractivity contribution in [3.63, 3.8) is 0 Å². The summed E-state index contributed by atoms with van der Waals surface area (Å²) in [6.45, 7) is 6.48. The highest BCUT2D eigenvalue weighted by Crippen LogP contribution is 2.41. The predicted octanol–water partition coefficient (Wildman–Crippen LogP) is 3.61. The zero-order valence-corrected chi connectivity index (χ0v) is 17.3. The summed E-state index contributed by atoms with van der Waals surface area (Å²) in [6, 6.07) is 9.56. The molecule has 1 atom stereocenters. The Balaban J connectivity index is 1.64. The van der Waals surface area contributed by atoms with Gasteiger partial charge in [0, 0.05) is 11.3 Å². The number of hydrogen-bond donors (Lipinski definition) is 2. The Kier molecular flexibility index (Phi) is 4.90. The van der Waals surface area contributed by atoms with Gasteiger partial charge in [-0.15, -0.1) is 0 Å². The summed E-state index contributed by atoms with van der Waals surface area (Å²) < 4.78 is 7.23. The highest BCUT2D eigenvalue weighted by Gasteiger charge is 2.36. The average Bonchev–Trinajstić information content (AvgIpc) is 3.34. The number of nitrogens with zero attached hydrogens (tertiary/aromatic N) is 3. The number of carbonyl (C=O) groups excluding carboxylic acids is 1. The second-order valence-corrected chi connectivity index (χ2v) is 8.36. The molecule has 0 fully saturated rings. The summed E-state index contributed by atoms with van der Waals surface area (Å²) >= 11 is 0. The molecule has 4 rings (SSSR count). The molecule has 2 N–H and O–H groups in total. The molecule has 0 aliphatic heterocycles. The number of methoxy groups -OCH3 is 1. The molecule has 0 saturated heterocycles. The lowest BCUT2D eigenvalue weighted by Crippen LogP contribution is -2.37. The van der Waals surface area contributed by atoms with E-state index < -0.39 is 0 Å². The smallest absolute Gasteiger partial charge is 0.272 e. The summed E-state index contributed by atoms with van der Waals surface area (Å²) in [6.07, 6.45) is 4.44. The van der Waals surface area contributed by atoms with Crippen molar-refractivity contribution in [2.24, 2.45) is 5.41 Å². The van der Waals surface area contributed by atoms with Gasteiger partial charge in [-0.2, -0.15) is 10.2 Å². The molecule has 7 nitrogen and oxygen atoms in total. The molecule has 2 heterocycles. The Hall–Kier alpha value is -3.09. The van der Waals surface area contributed by atoms with E-state index in [2.05, 4.69) is 34.5 Å². The minimum atomic E-state index is -0.160. The van der Waals surface area contributed by atoms with Crippen LogP contribution in [0.3, 0.4) is 0 Å². The summed E-state index contributed by atoms with van der Waals surface area (Å²) in [5.74, 6) is 0.650. The van der Waals surface area contributed by atoms with Gasteiger partial charge in [-0.25, -0.2) is 4.68 Å². The zero-order chi connectivity index (χ0) is 20.6. The van der Waals surface area contributed by atoms with E-state index >= 15 is 0 Å². The van der Waals surface area contributed by atoms with Gasteiger partial charge in [0.25, 0.3) is 5.91 Å². The summed E-state index contributed by atoms with van der Waals surface area (Å²) in [5.41, 5.74) is 4.60. The Bertz CT molecular complexity index is 1020. The van der Waals surface area contributed by atoms with Crippen LogP contribution in [0.25, 0.3) is 5.69 Å². The van der Waals surface area contributed by atoms with Gasteiger partial charge >= 0.3 is 0 Å². The fourth-order valence-electron chi connectivity index (χ4n) is 4.01. The number of benzene rings is 1. The van der Waals surface area contributed by atoms with Gasteiger partial charge in [0.05, 0.1) is 30.7 Å². The topological polar surface area (TPSA) is 84.8 Å². The second-order valence-electron chi connectivity index (χ2n) is 8.36. The molecule has 29 heavy (non-hydrogen) atoms. The number of H-pyrrole nitrogens is 1. The van der Waals surface area contributed by atoms with E-state index in [0.717, 1.165) is 47.7 Å². The highest BCUT2D eigenvalue weighted by atomic mass is 16.5. The molecule has 0 saturated carbocycles. The Labute approximate surface area is 170 Å². The monoisotopic (exact) mass is 393 g/mol. The number of ether oxygens (including phenoxy) is 1. The first-order valence-electron chi connectivity index (χ1n) is 9.96. The summed E-state index contributed by atoms with van der Waals surface area (Å²) in [7, 11) is 1.66. The number of amides is 1. The molecule has 1 amide bonds. The molecular formula is C22H27N5O2. The van der Waals surface area contributed by atoms with E-state index in [1.165, 1.54) is 0 Å². The van der Waals surface area contributed by atoms with Crippen LogP contribution in [-0.4, -0.2) is 33.0 Å². The maximum atomic E-state index is 12.8. The van der Waals surface area contributed by atoms with Crippen molar-refractivity contribution in [3.8, 4) is 11.4 Å². The molecule has 0 radical (unpaired) electrons. The quantitative estimate of drug-likeness (QED) is 0.693. The summed E-state index contributed by atoms with van der Waals surface area (Å²) in [4.78, 5) is 12.8.